The van der Waals surface area contributed by atoms with Crippen LogP contribution in [0.4, 0.5) is 17.2 Å². The number of non-ortho nitro benzene ring substituents is 1. The quantitative estimate of drug-likeness (QED) is 0.639. The first-order valence-electron chi connectivity index (χ1n) is 7.60. The van der Waals surface area contributed by atoms with E-state index in [0.29, 0.717) is 0 Å². The zero-order valence-corrected chi connectivity index (χ0v) is 13.3. The molecule has 0 radical (unpaired) electrons. The lowest BCUT2D eigenvalue weighted by Crippen LogP contribution is -2.46. The summed E-state index contributed by atoms with van der Waals surface area (Å²) < 4.78 is 0. The third-order valence-electron chi connectivity index (χ3n) is 4.25. The van der Waals surface area contributed by atoms with Crippen molar-refractivity contribution < 1.29 is 4.92 Å². The fourth-order valence-electron chi connectivity index (χ4n) is 2.67. The molecular formula is C16H19N5O2. The van der Waals surface area contributed by atoms with Crippen molar-refractivity contribution in [2.24, 2.45) is 0 Å². The summed E-state index contributed by atoms with van der Waals surface area (Å²) in [6, 6.07) is 8.80. The molecule has 1 aliphatic rings. The van der Waals surface area contributed by atoms with Crippen molar-refractivity contribution in [2.75, 3.05) is 36.0 Å². The SMILES string of the molecule is Cc1cc(N2CCN(c3ccc([N+](=O)[O-])cc3)CC2)nnc1C. The summed E-state index contributed by atoms with van der Waals surface area (Å²) in [7, 11) is 0. The van der Waals surface area contributed by atoms with Crippen LogP contribution in [0.1, 0.15) is 11.3 Å². The Morgan fingerprint density at radius 2 is 1.61 bits per heavy atom. The summed E-state index contributed by atoms with van der Waals surface area (Å²) in [6.45, 7) is 7.42. The fraction of sp³-hybridized carbons (Fsp3) is 0.375. The molecule has 23 heavy (non-hydrogen) atoms. The molecule has 0 spiro atoms. The second kappa shape index (κ2) is 6.20. The molecule has 1 aromatic heterocycles. The highest BCUT2D eigenvalue weighted by Gasteiger charge is 2.19. The van der Waals surface area contributed by atoms with E-state index in [0.717, 1.165) is 48.9 Å². The minimum Gasteiger partial charge on any atom is -0.368 e. The van der Waals surface area contributed by atoms with Crippen LogP contribution in [0.25, 0.3) is 0 Å². The van der Waals surface area contributed by atoms with Crippen LogP contribution in [0.15, 0.2) is 30.3 Å². The molecule has 0 bridgehead atoms. The average Bonchev–Trinajstić information content (AvgIpc) is 2.57. The van der Waals surface area contributed by atoms with Gasteiger partial charge in [0.05, 0.1) is 10.6 Å². The van der Waals surface area contributed by atoms with Crippen LogP contribution in [-0.2, 0) is 0 Å². The van der Waals surface area contributed by atoms with Crippen LogP contribution < -0.4 is 9.80 Å². The maximum atomic E-state index is 10.7. The zero-order valence-electron chi connectivity index (χ0n) is 13.3. The highest BCUT2D eigenvalue weighted by molar-refractivity contribution is 5.52. The van der Waals surface area contributed by atoms with Crippen molar-refractivity contribution in [1.82, 2.24) is 10.2 Å². The minimum atomic E-state index is -0.375. The van der Waals surface area contributed by atoms with Gasteiger partial charge < -0.3 is 9.80 Å². The van der Waals surface area contributed by atoms with Gasteiger partial charge in [-0.2, -0.15) is 5.10 Å². The second-order valence-corrected chi connectivity index (χ2v) is 5.72. The van der Waals surface area contributed by atoms with E-state index in [9.17, 15) is 10.1 Å². The molecule has 1 saturated heterocycles. The van der Waals surface area contributed by atoms with E-state index in [1.54, 1.807) is 12.1 Å². The van der Waals surface area contributed by atoms with Crippen molar-refractivity contribution in [1.29, 1.82) is 0 Å². The third-order valence-corrected chi connectivity index (χ3v) is 4.25. The number of rotatable bonds is 3. The van der Waals surface area contributed by atoms with Crippen LogP contribution in [-0.4, -0.2) is 41.3 Å². The molecule has 0 saturated carbocycles. The maximum absolute atomic E-state index is 10.7. The molecule has 3 rings (SSSR count). The number of nitro groups is 1. The van der Waals surface area contributed by atoms with E-state index in [4.69, 9.17) is 0 Å². The number of nitrogens with zero attached hydrogens (tertiary/aromatic N) is 5. The van der Waals surface area contributed by atoms with Crippen molar-refractivity contribution in [3.63, 3.8) is 0 Å². The first kappa shape index (κ1) is 15.2. The standard InChI is InChI=1S/C16H19N5O2/c1-12-11-16(18-17-13(12)2)20-9-7-19(8-10-20)14-3-5-15(6-4-14)21(22)23/h3-6,11H,7-10H2,1-2H3. The van der Waals surface area contributed by atoms with Crippen LogP contribution in [0.3, 0.4) is 0 Å². The summed E-state index contributed by atoms with van der Waals surface area (Å²) in [5, 5.41) is 19.2. The summed E-state index contributed by atoms with van der Waals surface area (Å²) in [4.78, 5) is 14.8. The van der Waals surface area contributed by atoms with Crippen molar-refractivity contribution in [3.05, 3.63) is 51.7 Å². The molecule has 120 valence electrons. The van der Waals surface area contributed by atoms with E-state index in [1.165, 1.54) is 0 Å². The smallest absolute Gasteiger partial charge is 0.269 e. The monoisotopic (exact) mass is 313 g/mol. The van der Waals surface area contributed by atoms with Crippen LogP contribution in [0.5, 0.6) is 0 Å². The number of piperazine rings is 1. The highest BCUT2D eigenvalue weighted by atomic mass is 16.6. The highest BCUT2D eigenvalue weighted by Crippen LogP contribution is 2.22. The van der Waals surface area contributed by atoms with Crippen molar-refractivity contribution in [3.8, 4) is 0 Å². The number of nitro benzene ring substituents is 1. The molecule has 2 aromatic rings. The Labute approximate surface area is 134 Å². The molecule has 1 aromatic carbocycles. The predicted octanol–water partition coefficient (Wildman–Crippen LogP) is 2.33. The zero-order chi connectivity index (χ0) is 16.4. The number of hydrogen-bond acceptors (Lipinski definition) is 6. The molecule has 1 aliphatic heterocycles. The largest absolute Gasteiger partial charge is 0.368 e. The Balaban J connectivity index is 1.65. The number of anilines is 2. The predicted molar refractivity (Wildman–Crippen MR) is 89.0 cm³/mol. The van der Waals surface area contributed by atoms with E-state index in [2.05, 4.69) is 26.1 Å². The summed E-state index contributed by atoms with van der Waals surface area (Å²) in [6.07, 6.45) is 0. The van der Waals surface area contributed by atoms with Crippen LogP contribution in [0, 0.1) is 24.0 Å². The van der Waals surface area contributed by atoms with Gasteiger partial charge in [-0.25, -0.2) is 0 Å². The van der Waals surface area contributed by atoms with Gasteiger partial charge in [0.2, 0.25) is 0 Å². The van der Waals surface area contributed by atoms with Gasteiger partial charge in [0.15, 0.2) is 5.82 Å². The number of aryl methyl sites for hydroxylation is 2. The number of aromatic nitrogens is 2. The normalized spacial score (nSPS) is 14.9. The maximum Gasteiger partial charge on any atom is 0.269 e. The Hall–Kier alpha value is -2.70. The van der Waals surface area contributed by atoms with Gasteiger partial charge in [-0.05, 0) is 37.6 Å². The third kappa shape index (κ3) is 3.23. The van der Waals surface area contributed by atoms with Gasteiger partial charge in [-0.3, -0.25) is 10.1 Å². The van der Waals surface area contributed by atoms with Gasteiger partial charge in [-0.1, -0.05) is 0 Å². The van der Waals surface area contributed by atoms with E-state index >= 15 is 0 Å². The van der Waals surface area contributed by atoms with Crippen LogP contribution in [0.2, 0.25) is 0 Å². The lowest BCUT2D eigenvalue weighted by atomic mass is 10.2. The molecule has 1 fully saturated rings. The average molecular weight is 313 g/mol. The Morgan fingerprint density at radius 1 is 1.00 bits per heavy atom. The first-order chi connectivity index (χ1) is 11.0. The number of benzene rings is 1. The second-order valence-electron chi connectivity index (χ2n) is 5.72. The minimum absolute atomic E-state index is 0.123. The van der Waals surface area contributed by atoms with E-state index < -0.39 is 0 Å². The topological polar surface area (TPSA) is 75.4 Å². The van der Waals surface area contributed by atoms with Gasteiger partial charge in [0, 0.05) is 44.0 Å². The van der Waals surface area contributed by atoms with Gasteiger partial charge >= 0.3 is 0 Å². The molecule has 0 aliphatic carbocycles. The van der Waals surface area contributed by atoms with Crippen molar-refractivity contribution >= 4 is 17.2 Å². The molecule has 0 amide bonds. The Kier molecular flexibility index (Phi) is 4.10. The summed E-state index contributed by atoms with van der Waals surface area (Å²) in [5.74, 6) is 0.913. The van der Waals surface area contributed by atoms with Crippen molar-refractivity contribution in [2.45, 2.75) is 13.8 Å². The lowest BCUT2D eigenvalue weighted by Gasteiger charge is -2.36. The molecule has 0 N–H and O–H groups in total. The number of hydrogen-bond donors (Lipinski definition) is 0. The Bertz CT molecular complexity index is 709. The Morgan fingerprint density at radius 3 is 2.17 bits per heavy atom. The first-order valence-corrected chi connectivity index (χ1v) is 7.60. The van der Waals surface area contributed by atoms with Gasteiger partial charge in [0.1, 0.15) is 0 Å². The molecule has 2 heterocycles. The van der Waals surface area contributed by atoms with Gasteiger partial charge in [0.25, 0.3) is 5.69 Å². The van der Waals surface area contributed by atoms with Gasteiger partial charge in [-0.15, -0.1) is 5.10 Å². The molecule has 0 unspecified atom stereocenters. The summed E-state index contributed by atoms with van der Waals surface area (Å²) in [5.41, 5.74) is 3.24. The summed E-state index contributed by atoms with van der Waals surface area (Å²) >= 11 is 0. The fourth-order valence-corrected chi connectivity index (χ4v) is 2.67. The molecule has 0 atom stereocenters. The van der Waals surface area contributed by atoms with E-state index in [1.807, 2.05) is 26.0 Å². The molecule has 7 nitrogen and oxygen atoms in total. The molecular weight excluding hydrogens is 294 g/mol. The lowest BCUT2D eigenvalue weighted by molar-refractivity contribution is -0.384. The molecule has 7 heteroatoms. The van der Waals surface area contributed by atoms with E-state index in [-0.39, 0.29) is 10.6 Å². The van der Waals surface area contributed by atoms with Crippen LogP contribution >= 0.6 is 0 Å².